The van der Waals surface area contributed by atoms with Crippen molar-refractivity contribution in [2.24, 2.45) is 16.1 Å². The first-order chi connectivity index (χ1) is 14.6. The summed E-state index contributed by atoms with van der Waals surface area (Å²) in [7, 11) is 2.01. The molecule has 0 aliphatic carbocycles. The Kier molecular flexibility index (Phi) is 17.9. The highest BCUT2D eigenvalue weighted by molar-refractivity contribution is 7.16. The van der Waals surface area contributed by atoms with Gasteiger partial charge in [-0.3, -0.25) is 0 Å². The molecule has 0 amide bonds. The lowest BCUT2D eigenvalue weighted by molar-refractivity contribution is 0.737. The van der Waals surface area contributed by atoms with E-state index in [9.17, 15) is 0 Å². The van der Waals surface area contributed by atoms with Gasteiger partial charge >= 0.3 is 0 Å². The van der Waals surface area contributed by atoms with Crippen LogP contribution in [0.15, 0.2) is 47.6 Å². The molecule has 0 radical (unpaired) electrons. The summed E-state index contributed by atoms with van der Waals surface area (Å²) in [5.41, 5.74) is 3.91. The van der Waals surface area contributed by atoms with Crippen LogP contribution in [0.25, 0.3) is 0 Å². The van der Waals surface area contributed by atoms with E-state index in [-0.39, 0.29) is 0 Å². The highest BCUT2D eigenvalue weighted by atomic mass is 35.5. The first kappa shape index (κ1) is 31.3. The van der Waals surface area contributed by atoms with Gasteiger partial charge in [-0.15, -0.1) is 29.6 Å². The van der Waals surface area contributed by atoms with Crippen LogP contribution in [-0.2, 0) is 6.42 Å². The Morgan fingerprint density at radius 1 is 1.10 bits per heavy atom. The third-order valence-electron chi connectivity index (χ3n) is 3.79. The molecule has 0 saturated heterocycles. The molecular weight excluding hydrogens is 422 g/mol. The Labute approximate surface area is 200 Å². The van der Waals surface area contributed by atoms with E-state index in [1.54, 1.807) is 11.3 Å². The van der Waals surface area contributed by atoms with Gasteiger partial charge in [0.1, 0.15) is 10.8 Å². The molecule has 0 aliphatic rings. The maximum atomic E-state index is 5.97. The Morgan fingerprint density at radius 2 is 1.55 bits per heavy atom. The Hall–Kier alpha value is -1.91. The molecule has 174 valence electrons. The molecule has 5 heteroatoms. The average Bonchev–Trinajstić information content (AvgIpc) is 2.99. The van der Waals surface area contributed by atoms with E-state index in [0.717, 1.165) is 23.2 Å². The third kappa shape index (κ3) is 12.5. The van der Waals surface area contributed by atoms with Crippen molar-refractivity contribution in [1.29, 1.82) is 0 Å². The number of anilines is 1. The number of amidine groups is 1. The largest absolute Gasteiger partial charge is 0.323 e. The van der Waals surface area contributed by atoms with Gasteiger partial charge in [-0.25, -0.2) is 0 Å². The predicted molar refractivity (Wildman–Crippen MR) is 147 cm³/mol. The minimum Gasteiger partial charge on any atom is -0.323 e. The van der Waals surface area contributed by atoms with Crippen LogP contribution in [-0.4, -0.2) is 19.6 Å². The summed E-state index contributed by atoms with van der Waals surface area (Å²) in [6, 6.07) is 8.02. The number of hydrogen-bond acceptors (Lipinski definition) is 3. The molecule has 0 atom stereocenters. The lowest BCUT2D eigenvalue weighted by atomic mass is 10.0. The summed E-state index contributed by atoms with van der Waals surface area (Å²) in [4.78, 5) is 3.40. The standard InChI is InChI=1S/C17H20ClN3S.C4H10.C3H8.C2H4/c1-11-12(2)22-17(21(5)13(3)20-19-4)16(11)10-14-6-8-15(18)9-7-14;1-4(2)3;1-3-2;1-2/h6-9H,4,10H2,1-3,5H3;4H,1-3H3;3H2,1-2H3;1-2H2/b20-13-;;;. The first-order valence-electron chi connectivity index (χ1n) is 10.7. The zero-order chi connectivity index (χ0) is 24.6. The number of aryl methyl sites for hydroxylation is 1. The van der Waals surface area contributed by atoms with Gasteiger partial charge < -0.3 is 4.90 Å². The summed E-state index contributed by atoms with van der Waals surface area (Å²) in [5.74, 6) is 1.66. The molecule has 3 nitrogen and oxygen atoms in total. The van der Waals surface area contributed by atoms with Gasteiger partial charge in [0, 0.05) is 30.1 Å². The van der Waals surface area contributed by atoms with Crippen LogP contribution in [0.2, 0.25) is 5.02 Å². The molecule has 0 spiro atoms. The Bertz CT molecular complexity index is 774. The van der Waals surface area contributed by atoms with Gasteiger partial charge in [-0.05, 0) is 55.5 Å². The number of thiophene rings is 1. The van der Waals surface area contributed by atoms with Crippen LogP contribution in [0, 0.1) is 19.8 Å². The molecule has 0 fully saturated rings. The molecular formula is C26H42ClN3S. The van der Waals surface area contributed by atoms with Crippen LogP contribution in [0.4, 0.5) is 5.00 Å². The number of benzene rings is 1. The molecule has 0 aliphatic heterocycles. The first-order valence-corrected chi connectivity index (χ1v) is 11.9. The van der Waals surface area contributed by atoms with Gasteiger partial charge in [-0.1, -0.05) is 64.8 Å². The number of rotatable bonds is 4. The zero-order valence-electron chi connectivity index (χ0n) is 21.1. The lowest BCUT2D eigenvalue weighted by Gasteiger charge is -2.18. The van der Waals surface area contributed by atoms with Gasteiger partial charge in [0.15, 0.2) is 0 Å². The van der Waals surface area contributed by atoms with Crippen molar-refractivity contribution in [1.82, 2.24) is 0 Å². The van der Waals surface area contributed by atoms with Crippen molar-refractivity contribution in [3.8, 4) is 0 Å². The number of halogens is 1. The van der Waals surface area contributed by atoms with Crippen LogP contribution in [0.3, 0.4) is 0 Å². The summed E-state index contributed by atoms with van der Waals surface area (Å²) in [6.45, 7) is 26.4. The molecule has 1 aromatic heterocycles. The quantitative estimate of drug-likeness (QED) is 0.192. The van der Waals surface area contributed by atoms with Crippen LogP contribution < -0.4 is 4.90 Å². The Balaban J connectivity index is 0. The molecule has 31 heavy (non-hydrogen) atoms. The van der Waals surface area contributed by atoms with Crippen LogP contribution in [0.5, 0.6) is 0 Å². The van der Waals surface area contributed by atoms with Crippen molar-refractivity contribution < 1.29 is 0 Å². The van der Waals surface area contributed by atoms with Gasteiger partial charge in [0.2, 0.25) is 0 Å². The average molecular weight is 464 g/mol. The van der Waals surface area contributed by atoms with E-state index in [1.165, 1.54) is 33.0 Å². The SMILES string of the molecule is C=C.C=N/N=C(/C)N(C)c1sc(C)c(C)c1Cc1ccc(Cl)cc1.CC(C)C.CCC. The second kappa shape index (κ2) is 17.7. The Morgan fingerprint density at radius 3 is 1.97 bits per heavy atom. The van der Waals surface area contributed by atoms with Crippen molar-refractivity contribution >= 4 is 40.5 Å². The molecule has 0 N–H and O–H groups in total. The molecule has 1 aromatic carbocycles. The maximum Gasteiger partial charge on any atom is 0.129 e. The minimum absolute atomic E-state index is 0.763. The molecule has 0 unspecified atom stereocenters. The summed E-state index contributed by atoms with van der Waals surface area (Å²) >= 11 is 7.75. The lowest BCUT2D eigenvalue weighted by Crippen LogP contribution is -2.23. The molecule has 2 aromatic rings. The fraction of sp³-hybridized carbons (Fsp3) is 0.462. The van der Waals surface area contributed by atoms with E-state index in [2.05, 4.69) is 95.6 Å². The monoisotopic (exact) mass is 463 g/mol. The molecule has 0 saturated carbocycles. The van der Waals surface area contributed by atoms with Crippen LogP contribution >= 0.6 is 22.9 Å². The second-order valence-electron chi connectivity index (χ2n) is 7.66. The highest BCUT2D eigenvalue weighted by Gasteiger charge is 2.17. The smallest absolute Gasteiger partial charge is 0.129 e. The predicted octanol–water partition coefficient (Wildman–Crippen LogP) is 8.96. The van der Waals surface area contributed by atoms with Crippen molar-refractivity contribution in [3.05, 3.63) is 64.0 Å². The van der Waals surface area contributed by atoms with E-state index < -0.39 is 0 Å². The van der Waals surface area contributed by atoms with Gasteiger partial charge in [0.25, 0.3) is 0 Å². The van der Waals surface area contributed by atoms with Gasteiger partial charge in [-0.2, -0.15) is 5.10 Å². The summed E-state index contributed by atoms with van der Waals surface area (Å²) in [6.07, 6.45) is 2.13. The summed E-state index contributed by atoms with van der Waals surface area (Å²) < 4.78 is 0. The third-order valence-corrected chi connectivity index (χ3v) is 5.37. The normalized spacial score (nSPS) is 10.1. The zero-order valence-corrected chi connectivity index (χ0v) is 22.6. The van der Waals surface area contributed by atoms with Crippen molar-refractivity contribution in [2.75, 3.05) is 11.9 Å². The van der Waals surface area contributed by atoms with E-state index in [1.807, 2.05) is 26.1 Å². The maximum absolute atomic E-state index is 5.97. The number of hydrogen-bond donors (Lipinski definition) is 0. The van der Waals surface area contributed by atoms with E-state index in [0.29, 0.717) is 0 Å². The molecule has 1 heterocycles. The fourth-order valence-electron chi connectivity index (χ4n) is 2.26. The highest BCUT2D eigenvalue weighted by Crippen LogP contribution is 2.36. The van der Waals surface area contributed by atoms with Crippen molar-refractivity contribution in [3.63, 3.8) is 0 Å². The number of nitrogens with zero attached hydrogens (tertiary/aromatic N) is 3. The van der Waals surface area contributed by atoms with Crippen molar-refractivity contribution in [2.45, 2.75) is 68.2 Å². The summed E-state index contributed by atoms with van der Waals surface area (Å²) in [5, 5.41) is 9.63. The van der Waals surface area contributed by atoms with Crippen LogP contribution in [0.1, 0.15) is 69.5 Å². The minimum atomic E-state index is 0.763. The molecule has 0 bridgehead atoms. The second-order valence-corrected chi connectivity index (χ2v) is 9.30. The van der Waals surface area contributed by atoms with E-state index in [4.69, 9.17) is 11.6 Å². The van der Waals surface area contributed by atoms with Gasteiger partial charge in [0.05, 0.1) is 0 Å². The molecule has 2 rings (SSSR count). The van der Waals surface area contributed by atoms with E-state index >= 15 is 0 Å². The topological polar surface area (TPSA) is 28.0 Å². The fourth-order valence-corrected chi connectivity index (χ4v) is 3.57.